The minimum atomic E-state index is -0.0500. The first-order valence-electron chi connectivity index (χ1n) is 8.86. The molecule has 0 fully saturated rings. The molecule has 0 aliphatic carbocycles. The quantitative estimate of drug-likeness (QED) is 0.789. The zero-order valence-electron chi connectivity index (χ0n) is 14.8. The minimum Gasteiger partial charge on any atom is -0.508 e. The number of benzene rings is 2. The number of nitrogens with one attached hydrogen (secondary N) is 1. The molecule has 0 amide bonds. The number of phenolic OH excluding ortho intramolecular Hbond substituents is 2. The summed E-state index contributed by atoms with van der Waals surface area (Å²) < 4.78 is 11.3. The van der Waals surface area contributed by atoms with E-state index in [-0.39, 0.29) is 23.5 Å². The molecule has 2 aromatic rings. The molecule has 2 aliphatic rings. The van der Waals surface area contributed by atoms with Gasteiger partial charge in [-0.2, -0.15) is 5.10 Å². The molecule has 2 atom stereocenters. The Labute approximate surface area is 152 Å². The fourth-order valence-corrected chi connectivity index (χ4v) is 3.59. The molecule has 2 aromatic carbocycles. The van der Waals surface area contributed by atoms with Gasteiger partial charge in [0.2, 0.25) is 0 Å². The summed E-state index contributed by atoms with van der Waals surface area (Å²) in [6.07, 6.45) is 0.671. The summed E-state index contributed by atoms with van der Waals surface area (Å²) in [7, 11) is 0. The van der Waals surface area contributed by atoms with E-state index in [1.165, 1.54) is 6.07 Å². The van der Waals surface area contributed by atoms with Gasteiger partial charge in [0.05, 0.1) is 17.7 Å². The van der Waals surface area contributed by atoms with Gasteiger partial charge in [-0.05, 0) is 42.7 Å². The summed E-state index contributed by atoms with van der Waals surface area (Å²) in [6.45, 7) is 5.11. The Bertz CT molecular complexity index is 878. The molecular weight excluding hydrogens is 332 g/mol. The van der Waals surface area contributed by atoms with E-state index in [0.29, 0.717) is 25.2 Å². The molecule has 0 saturated carbocycles. The van der Waals surface area contributed by atoms with E-state index in [4.69, 9.17) is 9.47 Å². The van der Waals surface area contributed by atoms with Crippen molar-refractivity contribution in [2.24, 2.45) is 5.10 Å². The lowest BCUT2D eigenvalue weighted by Crippen LogP contribution is -2.25. The first-order chi connectivity index (χ1) is 12.6. The highest BCUT2D eigenvalue weighted by molar-refractivity contribution is 6.08. The fraction of sp³-hybridized carbons (Fsp3) is 0.350. The van der Waals surface area contributed by atoms with Crippen molar-refractivity contribution in [2.45, 2.75) is 32.2 Å². The smallest absolute Gasteiger partial charge is 0.161 e. The topological polar surface area (TPSA) is 83.3 Å². The standard InChI is InChI=1S/C20H22N2O4/c1-3-12-8-14(16(24)10-15(12)23)20-19(11(2)21-22-20)13-4-5-17-18(9-13)26-7-6-25-17/h4-5,8-11,19,21,23-24H,3,6-7H2,1-2H3. The number of hydrogen-bond acceptors (Lipinski definition) is 6. The molecule has 2 aliphatic heterocycles. The van der Waals surface area contributed by atoms with Crippen LogP contribution in [0.25, 0.3) is 0 Å². The van der Waals surface area contributed by atoms with E-state index in [0.717, 1.165) is 28.3 Å². The molecular formula is C20H22N2O4. The van der Waals surface area contributed by atoms with Crippen molar-refractivity contribution < 1.29 is 19.7 Å². The Kier molecular flexibility index (Phi) is 4.11. The van der Waals surface area contributed by atoms with Gasteiger partial charge in [-0.3, -0.25) is 0 Å². The Morgan fingerprint density at radius 2 is 1.85 bits per heavy atom. The first-order valence-corrected chi connectivity index (χ1v) is 8.86. The van der Waals surface area contributed by atoms with Crippen LogP contribution in [0.15, 0.2) is 35.4 Å². The number of rotatable bonds is 3. The van der Waals surface area contributed by atoms with Crippen LogP contribution in [-0.4, -0.2) is 35.2 Å². The number of hydrogen-bond donors (Lipinski definition) is 3. The maximum absolute atomic E-state index is 10.4. The molecule has 6 heteroatoms. The third-order valence-corrected chi connectivity index (χ3v) is 4.96. The van der Waals surface area contributed by atoms with Crippen LogP contribution in [0.3, 0.4) is 0 Å². The number of hydrazone groups is 1. The van der Waals surface area contributed by atoms with Gasteiger partial charge in [0.1, 0.15) is 24.7 Å². The second kappa shape index (κ2) is 6.44. The molecule has 3 N–H and O–H groups in total. The normalized spacial score (nSPS) is 21.2. The maximum atomic E-state index is 10.4. The Balaban J connectivity index is 1.76. The molecule has 136 valence electrons. The zero-order valence-corrected chi connectivity index (χ0v) is 14.8. The molecule has 0 spiro atoms. The van der Waals surface area contributed by atoms with Gasteiger partial charge >= 0.3 is 0 Å². The monoisotopic (exact) mass is 354 g/mol. The average molecular weight is 354 g/mol. The lowest BCUT2D eigenvalue weighted by molar-refractivity contribution is 0.171. The number of ether oxygens (including phenoxy) is 2. The third kappa shape index (κ3) is 2.71. The van der Waals surface area contributed by atoms with Crippen molar-refractivity contribution in [2.75, 3.05) is 13.2 Å². The van der Waals surface area contributed by atoms with Gasteiger partial charge in [-0.25, -0.2) is 0 Å². The van der Waals surface area contributed by atoms with Crippen molar-refractivity contribution in [3.63, 3.8) is 0 Å². The summed E-state index contributed by atoms with van der Waals surface area (Å²) >= 11 is 0. The van der Waals surface area contributed by atoms with Crippen molar-refractivity contribution >= 4 is 5.71 Å². The number of aryl methyl sites for hydroxylation is 1. The predicted molar refractivity (Wildman–Crippen MR) is 98.5 cm³/mol. The van der Waals surface area contributed by atoms with Crippen molar-refractivity contribution in [3.05, 3.63) is 47.0 Å². The highest BCUT2D eigenvalue weighted by Crippen LogP contribution is 2.39. The molecule has 0 saturated heterocycles. The highest BCUT2D eigenvalue weighted by atomic mass is 16.6. The Hall–Kier alpha value is -2.89. The van der Waals surface area contributed by atoms with Gasteiger partial charge < -0.3 is 25.1 Å². The molecule has 0 radical (unpaired) electrons. The van der Waals surface area contributed by atoms with Crippen LogP contribution in [0.5, 0.6) is 23.0 Å². The van der Waals surface area contributed by atoms with Crippen LogP contribution in [0.1, 0.15) is 36.5 Å². The largest absolute Gasteiger partial charge is 0.508 e. The summed E-state index contributed by atoms with van der Waals surface area (Å²) in [4.78, 5) is 0. The molecule has 2 unspecified atom stereocenters. The molecule has 26 heavy (non-hydrogen) atoms. The lowest BCUT2D eigenvalue weighted by atomic mass is 9.85. The van der Waals surface area contributed by atoms with Gasteiger partial charge in [-0.1, -0.05) is 13.0 Å². The van der Waals surface area contributed by atoms with Gasteiger partial charge in [0.25, 0.3) is 0 Å². The second-order valence-corrected chi connectivity index (χ2v) is 6.65. The minimum absolute atomic E-state index is 0.0249. The maximum Gasteiger partial charge on any atom is 0.161 e. The van der Waals surface area contributed by atoms with Crippen molar-refractivity contribution in [1.29, 1.82) is 0 Å². The van der Waals surface area contributed by atoms with Gasteiger partial charge in [0, 0.05) is 11.6 Å². The highest BCUT2D eigenvalue weighted by Gasteiger charge is 2.33. The number of nitrogens with zero attached hydrogens (tertiary/aromatic N) is 1. The Morgan fingerprint density at radius 3 is 2.62 bits per heavy atom. The van der Waals surface area contributed by atoms with E-state index in [1.807, 2.05) is 31.2 Å². The number of fused-ring (bicyclic) bond motifs is 1. The van der Waals surface area contributed by atoms with E-state index in [2.05, 4.69) is 17.5 Å². The molecule has 6 nitrogen and oxygen atoms in total. The van der Waals surface area contributed by atoms with E-state index in [1.54, 1.807) is 0 Å². The SMILES string of the molecule is CCc1cc(C2=NNC(C)C2c2ccc3c(c2)OCCO3)c(O)cc1O. The second-order valence-electron chi connectivity index (χ2n) is 6.65. The molecule has 0 bridgehead atoms. The van der Waals surface area contributed by atoms with E-state index in [9.17, 15) is 10.2 Å². The van der Waals surface area contributed by atoms with Gasteiger partial charge in [0.15, 0.2) is 11.5 Å². The molecule has 0 aromatic heterocycles. The Morgan fingerprint density at radius 1 is 1.08 bits per heavy atom. The van der Waals surface area contributed by atoms with E-state index >= 15 is 0 Å². The summed E-state index contributed by atoms with van der Waals surface area (Å²) in [5, 5.41) is 24.9. The number of phenols is 2. The predicted octanol–water partition coefficient (Wildman–Crippen LogP) is 2.91. The van der Waals surface area contributed by atoms with E-state index < -0.39 is 0 Å². The summed E-state index contributed by atoms with van der Waals surface area (Å²) in [5.74, 6) is 1.56. The van der Waals surface area contributed by atoms with Crippen LogP contribution in [0, 0.1) is 0 Å². The average Bonchev–Trinajstić information content (AvgIpc) is 3.03. The third-order valence-electron chi connectivity index (χ3n) is 4.96. The number of aromatic hydroxyl groups is 2. The van der Waals surface area contributed by atoms with Crippen molar-refractivity contribution in [1.82, 2.24) is 5.43 Å². The summed E-state index contributed by atoms with van der Waals surface area (Å²) in [6, 6.07) is 9.17. The van der Waals surface area contributed by atoms with Crippen LogP contribution in [0.4, 0.5) is 0 Å². The van der Waals surface area contributed by atoms with Crippen molar-refractivity contribution in [3.8, 4) is 23.0 Å². The zero-order chi connectivity index (χ0) is 18.3. The molecule has 4 rings (SSSR count). The van der Waals surface area contributed by atoms with Crippen LogP contribution < -0.4 is 14.9 Å². The van der Waals surface area contributed by atoms with Gasteiger partial charge in [-0.15, -0.1) is 0 Å². The van der Waals surface area contributed by atoms with Crippen LogP contribution >= 0.6 is 0 Å². The first kappa shape index (κ1) is 16.6. The summed E-state index contributed by atoms with van der Waals surface area (Å²) in [5.41, 5.74) is 6.32. The van der Waals surface area contributed by atoms with Crippen LogP contribution in [-0.2, 0) is 6.42 Å². The molecule has 2 heterocycles. The fourth-order valence-electron chi connectivity index (χ4n) is 3.59. The lowest BCUT2D eigenvalue weighted by Gasteiger charge is -2.23. The van der Waals surface area contributed by atoms with Crippen LogP contribution in [0.2, 0.25) is 0 Å².